The molecule has 0 N–H and O–H groups in total. The van der Waals surface area contributed by atoms with E-state index in [1.54, 1.807) is 6.07 Å². The van der Waals surface area contributed by atoms with Gasteiger partial charge in [-0.3, -0.25) is 4.79 Å². The van der Waals surface area contributed by atoms with E-state index in [4.69, 9.17) is 0 Å². The van der Waals surface area contributed by atoms with Crippen molar-refractivity contribution in [3.8, 4) is 0 Å². The van der Waals surface area contributed by atoms with Crippen molar-refractivity contribution in [1.29, 1.82) is 0 Å². The Morgan fingerprint density at radius 2 is 2.00 bits per heavy atom. The van der Waals surface area contributed by atoms with Gasteiger partial charge in [0.05, 0.1) is 0 Å². The summed E-state index contributed by atoms with van der Waals surface area (Å²) in [6, 6.07) is 4.53. The van der Waals surface area contributed by atoms with Gasteiger partial charge < -0.3 is 0 Å². The van der Waals surface area contributed by atoms with Crippen LogP contribution in [0.15, 0.2) is 22.7 Å². The number of carbonyl (C=O) groups excluding carboxylic acids is 1. The van der Waals surface area contributed by atoms with Crippen LogP contribution in [0.5, 0.6) is 0 Å². The van der Waals surface area contributed by atoms with E-state index in [9.17, 15) is 9.18 Å². The number of benzene rings is 1. The van der Waals surface area contributed by atoms with Crippen molar-refractivity contribution >= 4 is 21.7 Å². The minimum absolute atomic E-state index is 0.175. The summed E-state index contributed by atoms with van der Waals surface area (Å²) in [5, 5.41) is 0. The first-order valence-corrected chi connectivity index (χ1v) is 7.28. The number of hydrogen-bond acceptors (Lipinski definition) is 1. The van der Waals surface area contributed by atoms with E-state index in [0.717, 1.165) is 31.2 Å². The number of hydrogen-bond donors (Lipinski definition) is 0. The summed E-state index contributed by atoms with van der Waals surface area (Å²) in [4.78, 5) is 12.4. The van der Waals surface area contributed by atoms with Gasteiger partial charge >= 0.3 is 0 Å². The molecule has 0 bridgehead atoms. The quantitative estimate of drug-likeness (QED) is 0.792. The second kappa shape index (κ2) is 5.52. The van der Waals surface area contributed by atoms with E-state index < -0.39 is 0 Å². The van der Waals surface area contributed by atoms with Gasteiger partial charge in [-0.15, -0.1) is 0 Å². The molecule has 1 nitrogen and oxygen atoms in total. The molecule has 98 valence electrons. The zero-order chi connectivity index (χ0) is 13.2. The Morgan fingerprint density at radius 3 is 2.61 bits per heavy atom. The third-order valence-electron chi connectivity index (χ3n) is 4.00. The Morgan fingerprint density at radius 1 is 1.33 bits per heavy atom. The average Bonchev–Trinajstić information content (AvgIpc) is 2.33. The molecule has 18 heavy (non-hydrogen) atoms. The predicted octanol–water partition coefficient (Wildman–Crippen LogP) is 4.67. The predicted molar refractivity (Wildman–Crippen MR) is 74.0 cm³/mol. The number of Topliss-reactive ketones (excluding diaryl/α,β-unsaturated/α-hetero) is 1. The van der Waals surface area contributed by atoms with E-state index in [1.807, 2.05) is 0 Å². The fourth-order valence-corrected chi connectivity index (χ4v) is 3.15. The van der Waals surface area contributed by atoms with Crippen LogP contribution in [0.1, 0.15) is 44.6 Å². The fraction of sp³-hybridized carbons (Fsp3) is 0.533. The molecule has 1 fully saturated rings. The monoisotopic (exact) mass is 312 g/mol. The standard InChI is InChI=1S/C15H18BrFO/c1-15(7-3-2-4-8-15)14(18)9-11-5-6-12(17)10-13(11)16/h5-6,10H,2-4,7-9H2,1H3. The molecule has 1 saturated carbocycles. The van der Waals surface area contributed by atoms with E-state index >= 15 is 0 Å². The van der Waals surface area contributed by atoms with Crippen molar-refractivity contribution in [2.24, 2.45) is 5.41 Å². The van der Waals surface area contributed by atoms with E-state index in [1.165, 1.54) is 18.6 Å². The van der Waals surface area contributed by atoms with Crippen LogP contribution in [0.25, 0.3) is 0 Å². The lowest BCUT2D eigenvalue weighted by Crippen LogP contribution is -2.31. The molecule has 0 radical (unpaired) electrons. The van der Waals surface area contributed by atoms with Crippen molar-refractivity contribution in [2.75, 3.05) is 0 Å². The van der Waals surface area contributed by atoms with Crippen molar-refractivity contribution in [2.45, 2.75) is 45.4 Å². The van der Waals surface area contributed by atoms with Crippen LogP contribution in [0.3, 0.4) is 0 Å². The lowest BCUT2D eigenvalue weighted by atomic mass is 9.71. The summed E-state index contributed by atoms with van der Waals surface area (Å²) in [6.45, 7) is 2.08. The molecule has 0 atom stereocenters. The molecular formula is C15H18BrFO. The minimum Gasteiger partial charge on any atom is -0.299 e. The summed E-state index contributed by atoms with van der Waals surface area (Å²) in [6.07, 6.45) is 5.91. The zero-order valence-electron chi connectivity index (χ0n) is 10.6. The molecular weight excluding hydrogens is 295 g/mol. The number of ketones is 1. The molecule has 1 aromatic carbocycles. The van der Waals surface area contributed by atoms with E-state index in [0.29, 0.717) is 10.9 Å². The van der Waals surface area contributed by atoms with Crippen LogP contribution in [0, 0.1) is 11.2 Å². The van der Waals surface area contributed by atoms with Gasteiger partial charge in [0.2, 0.25) is 0 Å². The highest BCUT2D eigenvalue weighted by Gasteiger charge is 2.34. The highest BCUT2D eigenvalue weighted by atomic mass is 79.9. The van der Waals surface area contributed by atoms with Crippen LogP contribution in [-0.4, -0.2) is 5.78 Å². The van der Waals surface area contributed by atoms with Gasteiger partial charge in [-0.2, -0.15) is 0 Å². The Labute approximate surface area is 116 Å². The van der Waals surface area contributed by atoms with Crippen LogP contribution in [0.4, 0.5) is 4.39 Å². The average molecular weight is 313 g/mol. The first kappa shape index (κ1) is 13.7. The van der Waals surface area contributed by atoms with Gasteiger partial charge in [0.25, 0.3) is 0 Å². The first-order valence-electron chi connectivity index (χ1n) is 6.48. The second-order valence-electron chi connectivity index (χ2n) is 5.46. The zero-order valence-corrected chi connectivity index (χ0v) is 12.2. The van der Waals surface area contributed by atoms with Crippen molar-refractivity contribution in [3.63, 3.8) is 0 Å². The highest BCUT2D eigenvalue weighted by Crippen LogP contribution is 2.37. The van der Waals surface area contributed by atoms with Gasteiger partial charge in [0.1, 0.15) is 11.6 Å². The third kappa shape index (κ3) is 3.00. The summed E-state index contributed by atoms with van der Waals surface area (Å²) in [5.41, 5.74) is 0.708. The lowest BCUT2D eigenvalue weighted by molar-refractivity contribution is -0.128. The third-order valence-corrected chi connectivity index (χ3v) is 4.73. The smallest absolute Gasteiger partial charge is 0.143 e. The molecule has 0 heterocycles. The molecule has 2 rings (SSSR count). The van der Waals surface area contributed by atoms with Gasteiger partial charge in [0.15, 0.2) is 0 Å². The molecule has 0 saturated heterocycles. The van der Waals surface area contributed by atoms with Crippen molar-refractivity contribution < 1.29 is 9.18 Å². The van der Waals surface area contributed by atoms with Crippen LogP contribution in [0.2, 0.25) is 0 Å². The molecule has 0 aliphatic heterocycles. The maximum Gasteiger partial charge on any atom is 0.143 e. The van der Waals surface area contributed by atoms with Crippen molar-refractivity contribution in [3.05, 3.63) is 34.1 Å². The normalized spacial score (nSPS) is 18.6. The van der Waals surface area contributed by atoms with Crippen LogP contribution >= 0.6 is 15.9 Å². The SMILES string of the molecule is CC1(C(=O)Cc2ccc(F)cc2Br)CCCCC1. The molecule has 0 amide bonds. The second-order valence-corrected chi connectivity index (χ2v) is 6.31. The number of carbonyl (C=O) groups is 1. The summed E-state index contributed by atoms with van der Waals surface area (Å²) in [7, 11) is 0. The van der Waals surface area contributed by atoms with Gasteiger partial charge in [-0.05, 0) is 30.5 Å². The molecule has 0 unspecified atom stereocenters. The first-order chi connectivity index (χ1) is 8.51. The van der Waals surface area contributed by atoms with Crippen LogP contribution in [-0.2, 0) is 11.2 Å². The Balaban J connectivity index is 2.11. The fourth-order valence-electron chi connectivity index (χ4n) is 2.66. The maximum absolute atomic E-state index is 13.0. The maximum atomic E-state index is 13.0. The Hall–Kier alpha value is -0.700. The van der Waals surface area contributed by atoms with Crippen LogP contribution < -0.4 is 0 Å². The molecule has 1 aliphatic carbocycles. The Kier molecular flexibility index (Phi) is 4.21. The number of rotatable bonds is 3. The van der Waals surface area contributed by atoms with Gasteiger partial charge in [0, 0.05) is 16.3 Å². The van der Waals surface area contributed by atoms with E-state index in [2.05, 4.69) is 22.9 Å². The minimum atomic E-state index is -0.276. The molecule has 0 spiro atoms. The van der Waals surface area contributed by atoms with Gasteiger partial charge in [-0.25, -0.2) is 4.39 Å². The summed E-state index contributed by atoms with van der Waals surface area (Å²) in [5.74, 6) is 0.0106. The summed E-state index contributed by atoms with van der Waals surface area (Å²) >= 11 is 3.33. The Bertz CT molecular complexity index is 450. The summed E-state index contributed by atoms with van der Waals surface area (Å²) < 4.78 is 13.7. The number of halogens is 2. The molecule has 1 aromatic rings. The molecule has 0 aromatic heterocycles. The van der Waals surface area contributed by atoms with Crippen molar-refractivity contribution in [1.82, 2.24) is 0 Å². The molecule has 3 heteroatoms. The lowest BCUT2D eigenvalue weighted by Gasteiger charge is -2.32. The van der Waals surface area contributed by atoms with Gasteiger partial charge in [-0.1, -0.05) is 48.2 Å². The topological polar surface area (TPSA) is 17.1 Å². The highest BCUT2D eigenvalue weighted by molar-refractivity contribution is 9.10. The van der Waals surface area contributed by atoms with E-state index in [-0.39, 0.29) is 17.0 Å². The molecule has 1 aliphatic rings. The largest absolute Gasteiger partial charge is 0.299 e.